The number of nitrogens with one attached hydrogen (secondary N) is 2. The van der Waals surface area contributed by atoms with E-state index in [4.69, 9.17) is 4.42 Å². The van der Waals surface area contributed by atoms with Crippen LogP contribution in [0.15, 0.2) is 74.6 Å². The SMILES string of the molecule is C=N/C(=C\C(=C(/C)O)c1ccc(C(F)(F)F)cn1)CNC(=O)[C@H](C)NS(=O)(=O)c1cc2cc(F)ccc2o1. The van der Waals surface area contributed by atoms with Crippen LogP contribution >= 0.6 is 0 Å². The molecule has 202 valence electrons. The lowest BCUT2D eigenvalue weighted by Gasteiger charge is -2.14. The lowest BCUT2D eigenvalue weighted by atomic mass is 10.1. The Hall–Kier alpha value is -4.04. The molecule has 0 aliphatic carbocycles. The summed E-state index contributed by atoms with van der Waals surface area (Å²) in [6, 6.07) is 5.19. The predicted octanol–water partition coefficient (Wildman–Crippen LogP) is 4.34. The molecule has 2 heterocycles. The second kappa shape index (κ2) is 11.1. The van der Waals surface area contributed by atoms with E-state index in [0.717, 1.165) is 30.3 Å². The number of aromatic nitrogens is 1. The van der Waals surface area contributed by atoms with Gasteiger partial charge in [-0.25, -0.2) is 12.8 Å². The normalized spacial score (nSPS) is 14.2. The molecule has 1 amide bonds. The third kappa shape index (κ3) is 6.83. The van der Waals surface area contributed by atoms with E-state index in [-0.39, 0.29) is 40.2 Å². The molecule has 0 saturated heterocycles. The number of fused-ring (bicyclic) bond motifs is 1. The number of aliphatic hydroxyl groups is 1. The Kier molecular flexibility index (Phi) is 8.37. The fourth-order valence-corrected chi connectivity index (χ4v) is 4.37. The molecule has 0 bridgehead atoms. The molecule has 1 atom stereocenters. The number of alkyl halides is 3. The Morgan fingerprint density at radius 1 is 1.26 bits per heavy atom. The van der Waals surface area contributed by atoms with Crippen LogP contribution in [0.2, 0.25) is 0 Å². The van der Waals surface area contributed by atoms with Crippen LogP contribution in [0.25, 0.3) is 16.5 Å². The molecule has 0 aliphatic rings. The summed E-state index contributed by atoms with van der Waals surface area (Å²) in [5.74, 6) is -1.62. The maximum atomic E-state index is 13.4. The highest BCUT2D eigenvalue weighted by Crippen LogP contribution is 2.30. The van der Waals surface area contributed by atoms with E-state index in [1.165, 1.54) is 26.0 Å². The molecule has 3 N–H and O–H groups in total. The molecular weight excluding hydrogens is 532 g/mol. The number of carbonyl (C=O) groups excluding carboxylic acids is 1. The Balaban J connectivity index is 1.70. The summed E-state index contributed by atoms with van der Waals surface area (Å²) in [6.07, 6.45) is -2.71. The van der Waals surface area contributed by atoms with Crippen molar-refractivity contribution in [3.63, 3.8) is 0 Å². The fourth-order valence-electron chi connectivity index (χ4n) is 3.20. The van der Waals surface area contributed by atoms with Crippen molar-refractivity contribution in [3.05, 3.63) is 77.2 Å². The molecule has 0 radical (unpaired) electrons. The molecule has 3 rings (SSSR count). The van der Waals surface area contributed by atoms with Crippen molar-refractivity contribution >= 4 is 39.2 Å². The van der Waals surface area contributed by atoms with Crippen molar-refractivity contribution in [2.24, 2.45) is 4.99 Å². The van der Waals surface area contributed by atoms with Gasteiger partial charge in [-0.1, -0.05) is 0 Å². The van der Waals surface area contributed by atoms with Crippen LogP contribution in [0.3, 0.4) is 0 Å². The monoisotopic (exact) mass is 554 g/mol. The third-order valence-electron chi connectivity index (χ3n) is 5.16. The van der Waals surface area contributed by atoms with Gasteiger partial charge in [0.25, 0.3) is 10.0 Å². The van der Waals surface area contributed by atoms with E-state index in [9.17, 15) is 35.9 Å². The van der Waals surface area contributed by atoms with Gasteiger partial charge in [-0.15, -0.1) is 0 Å². The van der Waals surface area contributed by atoms with Crippen LogP contribution in [0.4, 0.5) is 17.6 Å². The number of aliphatic imine (C=N–C) groups is 1. The number of carbonyl (C=O) groups is 1. The summed E-state index contributed by atoms with van der Waals surface area (Å²) in [7, 11) is -4.28. The maximum absolute atomic E-state index is 13.4. The molecule has 0 aliphatic heterocycles. The van der Waals surface area contributed by atoms with Gasteiger partial charge in [-0.05, 0) is 57.0 Å². The molecule has 14 heteroatoms. The standard InChI is InChI=1S/C24H22F4N4O5S/c1-13(32-38(35,36)22-9-15-8-17(25)5-7-21(15)37-22)23(34)31-12-18(29-3)10-19(14(2)33)20-6-4-16(11-30-20)24(26,27)28/h4-11,13,32-33H,3,12H2,1-2H3,(H,31,34)/b18-10-,19-14-/t13-/m0/s1. The number of sulfonamides is 1. The number of aliphatic hydroxyl groups excluding tert-OH is 1. The van der Waals surface area contributed by atoms with E-state index in [1.807, 2.05) is 0 Å². The molecular formula is C24H22F4N4O5S. The number of allylic oxidation sites excluding steroid dienone is 3. The van der Waals surface area contributed by atoms with Gasteiger partial charge in [0.1, 0.15) is 11.4 Å². The average molecular weight is 555 g/mol. The maximum Gasteiger partial charge on any atom is 0.417 e. The minimum Gasteiger partial charge on any atom is -0.512 e. The lowest BCUT2D eigenvalue weighted by Crippen LogP contribution is -2.45. The Labute approximate surface area is 214 Å². The van der Waals surface area contributed by atoms with Gasteiger partial charge in [0.15, 0.2) is 0 Å². The summed E-state index contributed by atoms with van der Waals surface area (Å²) >= 11 is 0. The molecule has 9 nitrogen and oxygen atoms in total. The molecule has 0 spiro atoms. The fraction of sp³-hybridized carbons (Fsp3) is 0.208. The highest BCUT2D eigenvalue weighted by molar-refractivity contribution is 7.89. The summed E-state index contributed by atoms with van der Waals surface area (Å²) in [5, 5.41) is 12.2. The highest BCUT2D eigenvalue weighted by atomic mass is 32.2. The van der Waals surface area contributed by atoms with E-state index < -0.39 is 44.6 Å². The van der Waals surface area contributed by atoms with Crippen LogP contribution in [-0.4, -0.2) is 43.7 Å². The second-order valence-electron chi connectivity index (χ2n) is 8.03. The Bertz CT molecular complexity index is 1520. The minimum absolute atomic E-state index is 0.0114. The van der Waals surface area contributed by atoms with Gasteiger partial charge in [0.2, 0.25) is 11.0 Å². The number of benzene rings is 1. The second-order valence-corrected chi connectivity index (χ2v) is 9.68. The minimum atomic E-state index is -4.59. The van der Waals surface area contributed by atoms with E-state index >= 15 is 0 Å². The molecule has 0 unspecified atom stereocenters. The van der Waals surface area contributed by atoms with E-state index in [2.05, 4.69) is 26.7 Å². The van der Waals surface area contributed by atoms with Gasteiger partial charge >= 0.3 is 6.18 Å². The molecule has 2 aromatic heterocycles. The van der Waals surface area contributed by atoms with Crippen molar-refractivity contribution in [1.82, 2.24) is 15.0 Å². The van der Waals surface area contributed by atoms with Gasteiger partial charge < -0.3 is 14.8 Å². The number of halogens is 4. The zero-order valence-corrected chi connectivity index (χ0v) is 20.8. The van der Waals surface area contributed by atoms with E-state index in [1.54, 1.807) is 0 Å². The van der Waals surface area contributed by atoms with Crippen molar-refractivity contribution in [3.8, 4) is 0 Å². The number of nitrogens with zero attached hydrogens (tertiary/aromatic N) is 2. The number of rotatable bonds is 9. The van der Waals surface area contributed by atoms with Crippen LogP contribution in [0, 0.1) is 5.82 Å². The number of hydrogen-bond donors (Lipinski definition) is 3. The molecule has 38 heavy (non-hydrogen) atoms. The van der Waals surface area contributed by atoms with Gasteiger partial charge in [-0.2, -0.15) is 17.9 Å². The van der Waals surface area contributed by atoms with Crippen LogP contribution < -0.4 is 10.0 Å². The van der Waals surface area contributed by atoms with Crippen LogP contribution in [0.5, 0.6) is 0 Å². The average Bonchev–Trinajstić information content (AvgIpc) is 3.27. The molecule has 0 fully saturated rings. The Morgan fingerprint density at radius 3 is 2.55 bits per heavy atom. The van der Waals surface area contributed by atoms with Crippen LogP contribution in [0.1, 0.15) is 25.1 Å². The largest absolute Gasteiger partial charge is 0.512 e. The molecule has 1 aromatic carbocycles. The molecule has 0 saturated carbocycles. The van der Waals surface area contributed by atoms with Crippen molar-refractivity contribution in [1.29, 1.82) is 0 Å². The lowest BCUT2D eigenvalue weighted by molar-refractivity contribution is -0.137. The third-order valence-corrected chi connectivity index (χ3v) is 6.55. The quantitative estimate of drug-likeness (QED) is 0.156. The van der Waals surface area contributed by atoms with Gasteiger partial charge in [-0.3, -0.25) is 14.8 Å². The predicted molar refractivity (Wildman–Crippen MR) is 131 cm³/mol. The Morgan fingerprint density at radius 2 is 1.97 bits per heavy atom. The first-order chi connectivity index (χ1) is 17.7. The summed E-state index contributed by atoms with van der Waals surface area (Å²) < 4.78 is 84.5. The van der Waals surface area contributed by atoms with Crippen molar-refractivity contribution in [2.45, 2.75) is 31.2 Å². The number of furan rings is 1. The summed E-state index contributed by atoms with van der Waals surface area (Å²) in [6.45, 7) is 5.66. The van der Waals surface area contributed by atoms with Crippen LogP contribution in [-0.2, 0) is 21.0 Å². The topological polar surface area (TPSA) is 134 Å². The summed E-state index contributed by atoms with van der Waals surface area (Å²) in [4.78, 5) is 20.0. The highest BCUT2D eigenvalue weighted by Gasteiger charge is 2.31. The number of amides is 1. The number of hydrogen-bond acceptors (Lipinski definition) is 7. The molecule has 3 aromatic rings. The summed E-state index contributed by atoms with van der Waals surface area (Å²) in [5.41, 5.74) is -0.692. The van der Waals surface area contributed by atoms with E-state index in [0.29, 0.717) is 6.20 Å². The van der Waals surface area contributed by atoms with Crippen molar-refractivity contribution < 1.29 is 40.3 Å². The zero-order chi connectivity index (χ0) is 28.3. The first kappa shape index (κ1) is 28.5. The first-order valence-corrected chi connectivity index (χ1v) is 12.3. The van der Waals surface area contributed by atoms with Gasteiger partial charge in [0, 0.05) is 23.2 Å². The number of pyridine rings is 1. The van der Waals surface area contributed by atoms with Gasteiger partial charge in [0.05, 0.1) is 35.3 Å². The first-order valence-electron chi connectivity index (χ1n) is 10.8. The van der Waals surface area contributed by atoms with Crippen molar-refractivity contribution in [2.75, 3.05) is 6.54 Å². The smallest absolute Gasteiger partial charge is 0.417 e. The zero-order valence-electron chi connectivity index (χ0n) is 20.0.